The number of hydrazone groups is 1. The first-order chi connectivity index (χ1) is 15.1. The van der Waals surface area contributed by atoms with Crippen LogP contribution in [0.15, 0.2) is 76.3 Å². The van der Waals surface area contributed by atoms with Crippen molar-refractivity contribution >= 4 is 21.6 Å². The number of fused-ring (bicyclic) bond motifs is 3. The number of halogens is 1. The van der Waals surface area contributed by atoms with Gasteiger partial charge in [-0.05, 0) is 55.0 Å². The summed E-state index contributed by atoms with van der Waals surface area (Å²) in [6, 6.07) is 22.6. The van der Waals surface area contributed by atoms with Gasteiger partial charge in [-0.15, -0.1) is 0 Å². The van der Waals surface area contributed by atoms with Crippen molar-refractivity contribution in [2.24, 2.45) is 5.10 Å². The van der Waals surface area contributed by atoms with Crippen LogP contribution in [0.1, 0.15) is 40.9 Å². The van der Waals surface area contributed by atoms with Crippen LogP contribution in [0.2, 0.25) is 0 Å². The number of benzene rings is 3. The maximum Gasteiger partial charge on any atom is 0.213 e. The molecule has 0 aliphatic carbocycles. The quantitative estimate of drug-likeness (QED) is 0.535. The van der Waals surface area contributed by atoms with Crippen LogP contribution in [0.3, 0.4) is 0 Å². The number of ether oxygens (including phenoxy) is 2. The molecule has 3 aromatic rings. The molecular formula is C25H23BrN2O3. The normalized spacial score (nSPS) is 19.3. The van der Waals surface area contributed by atoms with Crippen molar-refractivity contribution in [3.05, 3.63) is 93.5 Å². The van der Waals surface area contributed by atoms with Crippen molar-refractivity contribution in [2.75, 3.05) is 13.2 Å². The van der Waals surface area contributed by atoms with Crippen LogP contribution in [-0.4, -0.2) is 29.0 Å². The van der Waals surface area contributed by atoms with Gasteiger partial charge in [0, 0.05) is 22.0 Å². The van der Waals surface area contributed by atoms with Crippen molar-refractivity contribution in [2.45, 2.75) is 25.6 Å². The average Bonchev–Trinajstić information content (AvgIpc) is 3.24. The third-order valence-electron chi connectivity index (χ3n) is 5.66. The lowest BCUT2D eigenvalue weighted by molar-refractivity contribution is -0.0191. The van der Waals surface area contributed by atoms with Gasteiger partial charge in [-0.25, -0.2) is 5.01 Å². The number of aliphatic hydroxyl groups is 1. The summed E-state index contributed by atoms with van der Waals surface area (Å²) in [7, 11) is 0. The summed E-state index contributed by atoms with van der Waals surface area (Å²) in [6.45, 7) is 2.36. The third kappa shape index (κ3) is 3.93. The molecule has 0 aromatic heterocycles. The van der Waals surface area contributed by atoms with Crippen LogP contribution in [-0.2, 0) is 0 Å². The van der Waals surface area contributed by atoms with E-state index in [2.05, 4.69) is 58.2 Å². The Morgan fingerprint density at radius 3 is 2.61 bits per heavy atom. The first-order valence-electron chi connectivity index (χ1n) is 10.3. The zero-order valence-electron chi connectivity index (χ0n) is 17.2. The fourth-order valence-corrected chi connectivity index (χ4v) is 4.47. The molecule has 0 saturated carbocycles. The van der Waals surface area contributed by atoms with E-state index in [1.807, 2.05) is 36.4 Å². The van der Waals surface area contributed by atoms with E-state index in [4.69, 9.17) is 19.7 Å². The molecule has 0 bridgehead atoms. The highest BCUT2D eigenvalue weighted by Gasteiger charge is 2.41. The smallest absolute Gasteiger partial charge is 0.213 e. The van der Waals surface area contributed by atoms with Crippen molar-refractivity contribution in [3.8, 4) is 11.5 Å². The first-order valence-corrected chi connectivity index (χ1v) is 11.1. The summed E-state index contributed by atoms with van der Waals surface area (Å²) in [4.78, 5) is 0. The Balaban J connectivity index is 1.52. The molecule has 1 N–H and O–H groups in total. The van der Waals surface area contributed by atoms with Crippen LogP contribution in [0.25, 0.3) is 0 Å². The number of hydrogen-bond donors (Lipinski definition) is 1. The van der Waals surface area contributed by atoms with E-state index in [0.717, 1.165) is 44.8 Å². The van der Waals surface area contributed by atoms with Gasteiger partial charge >= 0.3 is 0 Å². The summed E-state index contributed by atoms with van der Waals surface area (Å²) in [5.74, 6) is 1.61. The Morgan fingerprint density at radius 2 is 1.87 bits per heavy atom. The van der Waals surface area contributed by atoms with Gasteiger partial charge in [0.2, 0.25) is 6.23 Å². The minimum atomic E-state index is -0.325. The molecule has 158 valence electrons. The number of nitrogens with zero attached hydrogens (tertiary/aromatic N) is 2. The fraction of sp³-hybridized carbons (Fsp3) is 0.240. The van der Waals surface area contributed by atoms with E-state index >= 15 is 0 Å². The monoisotopic (exact) mass is 478 g/mol. The maximum atomic E-state index is 8.97. The third-order valence-corrected chi connectivity index (χ3v) is 6.16. The van der Waals surface area contributed by atoms with Crippen molar-refractivity contribution in [1.29, 1.82) is 0 Å². The molecule has 0 saturated heterocycles. The van der Waals surface area contributed by atoms with Crippen molar-refractivity contribution in [3.63, 3.8) is 0 Å². The molecule has 3 aromatic carbocycles. The summed E-state index contributed by atoms with van der Waals surface area (Å²) >= 11 is 3.60. The lowest BCUT2D eigenvalue weighted by atomic mass is 9.95. The van der Waals surface area contributed by atoms with Gasteiger partial charge in [-0.2, -0.15) is 5.10 Å². The van der Waals surface area contributed by atoms with Crippen LogP contribution in [0.4, 0.5) is 0 Å². The van der Waals surface area contributed by atoms with E-state index in [1.54, 1.807) is 0 Å². The molecule has 2 heterocycles. The highest BCUT2D eigenvalue weighted by Crippen LogP contribution is 2.48. The maximum absolute atomic E-state index is 8.97. The SMILES string of the molecule is Cc1ccc(C2=NN3[C@H](C2)c2cc(Br)ccc2O[C@@H]3c2ccc(OCCO)cc2)cc1. The molecular weight excluding hydrogens is 456 g/mol. The average molecular weight is 479 g/mol. The van der Waals surface area contributed by atoms with E-state index in [0.29, 0.717) is 0 Å². The largest absolute Gasteiger partial charge is 0.491 e. The Kier molecular flexibility index (Phi) is 5.42. The lowest BCUT2D eigenvalue weighted by Gasteiger charge is -2.38. The highest BCUT2D eigenvalue weighted by molar-refractivity contribution is 9.10. The van der Waals surface area contributed by atoms with Crippen molar-refractivity contribution in [1.82, 2.24) is 5.01 Å². The van der Waals surface area contributed by atoms with Gasteiger partial charge in [-0.3, -0.25) is 0 Å². The number of hydrogen-bond acceptors (Lipinski definition) is 5. The Bertz CT molecular complexity index is 1110. The predicted octanol–water partition coefficient (Wildman–Crippen LogP) is 5.37. The minimum absolute atomic E-state index is 0.00814. The minimum Gasteiger partial charge on any atom is -0.491 e. The first kappa shape index (κ1) is 20.1. The van der Waals surface area contributed by atoms with E-state index in [-0.39, 0.29) is 25.5 Å². The summed E-state index contributed by atoms with van der Waals surface area (Å²) in [5.41, 5.74) is 5.58. The summed E-state index contributed by atoms with van der Waals surface area (Å²) in [5, 5.41) is 16.1. The van der Waals surface area contributed by atoms with Crippen LogP contribution in [0.5, 0.6) is 11.5 Å². The molecule has 2 aliphatic rings. The summed E-state index contributed by atoms with van der Waals surface area (Å²) < 4.78 is 13.0. The van der Waals surface area contributed by atoms with Gasteiger partial charge in [-0.1, -0.05) is 45.8 Å². The van der Waals surface area contributed by atoms with E-state index in [9.17, 15) is 0 Å². The Morgan fingerprint density at radius 1 is 1.10 bits per heavy atom. The van der Waals surface area contributed by atoms with Crippen molar-refractivity contribution < 1.29 is 14.6 Å². The molecule has 0 spiro atoms. The van der Waals surface area contributed by atoms with Gasteiger partial charge in [0.1, 0.15) is 18.1 Å². The van der Waals surface area contributed by atoms with E-state index in [1.165, 1.54) is 5.56 Å². The summed E-state index contributed by atoms with van der Waals surface area (Å²) in [6.07, 6.45) is 0.498. The lowest BCUT2D eigenvalue weighted by Crippen LogP contribution is -2.33. The van der Waals surface area contributed by atoms with E-state index < -0.39 is 0 Å². The predicted molar refractivity (Wildman–Crippen MR) is 123 cm³/mol. The van der Waals surface area contributed by atoms with Crippen LogP contribution < -0.4 is 9.47 Å². The van der Waals surface area contributed by atoms with Gasteiger partial charge in [0.15, 0.2) is 0 Å². The molecule has 31 heavy (non-hydrogen) atoms. The molecule has 0 amide bonds. The Labute approximate surface area is 190 Å². The van der Waals surface area contributed by atoms with Gasteiger partial charge in [0.25, 0.3) is 0 Å². The molecule has 5 rings (SSSR count). The van der Waals surface area contributed by atoms with Crippen LogP contribution in [0, 0.1) is 6.92 Å². The zero-order chi connectivity index (χ0) is 21.4. The standard InChI is InChI=1S/C25H23BrN2O3/c1-16-2-4-17(5-3-16)22-15-23-21-14-19(26)8-11-24(21)31-25(28(23)27-22)18-6-9-20(10-7-18)30-13-12-29/h2-11,14,23,25,29H,12-13,15H2,1H3/t23-,25-/m1/s1. The second kappa shape index (κ2) is 8.36. The van der Waals surface area contributed by atoms with Gasteiger partial charge < -0.3 is 14.6 Å². The second-order valence-corrected chi connectivity index (χ2v) is 8.72. The van der Waals surface area contributed by atoms with Crippen LogP contribution >= 0.6 is 15.9 Å². The number of rotatable bonds is 5. The van der Waals surface area contributed by atoms with Gasteiger partial charge in [0.05, 0.1) is 18.4 Å². The number of aryl methyl sites for hydroxylation is 1. The molecule has 0 radical (unpaired) electrons. The second-order valence-electron chi connectivity index (χ2n) is 7.81. The molecule has 5 nitrogen and oxygen atoms in total. The molecule has 2 atom stereocenters. The molecule has 0 fully saturated rings. The number of aliphatic hydroxyl groups excluding tert-OH is 1. The highest BCUT2D eigenvalue weighted by atomic mass is 79.9. The topological polar surface area (TPSA) is 54.3 Å². The molecule has 2 aliphatic heterocycles. The molecule has 0 unspecified atom stereocenters. The zero-order valence-corrected chi connectivity index (χ0v) is 18.7. The Hall–Kier alpha value is -2.83. The fourth-order valence-electron chi connectivity index (χ4n) is 4.09. The molecule has 6 heteroatoms.